The van der Waals surface area contributed by atoms with Gasteiger partial charge in [0.1, 0.15) is 0 Å². The zero-order valence-electron chi connectivity index (χ0n) is 7.79. The summed E-state index contributed by atoms with van der Waals surface area (Å²) in [5.74, 6) is 0. The zero-order valence-corrected chi connectivity index (χ0v) is 7.79. The topological polar surface area (TPSA) is 64.1 Å². The number of nitrogen functional groups attached to an aromatic ring is 1. The molecule has 0 radical (unpaired) electrons. The number of nitrogens with two attached hydrogens (primary N) is 2. The van der Waals surface area contributed by atoms with Gasteiger partial charge in [-0.2, -0.15) is 0 Å². The van der Waals surface area contributed by atoms with Crippen LogP contribution in [-0.2, 0) is 0 Å². The Labute approximate surface area is 79.1 Å². The fraction of sp³-hybridized carbons (Fsp3) is 0.400. The number of benzene rings is 1. The number of nitrogens with one attached hydrogen (secondary N) is 1. The summed E-state index contributed by atoms with van der Waals surface area (Å²) >= 11 is 0. The Morgan fingerprint density at radius 2 is 1.77 bits per heavy atom. The molecule has 0 atom stereocenters. The van der Waals surface area contributed by atoms with Gasteiger partial charge in [0.25, 0.3) is 0 Å². The predicted molar refractivity (Wildman–Crippen MR) is 57.6 cm³/mol. The summed E-state index contributed by atoms with van der Waals surface area (Å²) < 4.78 is 0. The van der Waals surface area contributed by atoms with Gasteiger partial charge in [0.15, 0.2) is 0 Å². The standard InChI is InChI=1S/C10H17N3/c11-7-1-2-8-13-10-5-3-9(12)4-6-10/h3-6,13H,1-2,7-8,11-12H2. The van der Waals surface area contributed by atoms with Crippen LogP contribution in [0, 0.1) is 0 Å². The maximum absolute atomic E-state index is 5.56. The number of unbranched alkanes of at least 4 members (excludes halogenated alkanes) is 1. The van der Waals surface area contributed by atoms with Crippen LogP contribution in [0.4, 0.5) is 11.4 Å². The molecule has 0 spiro atoms. The van der Waals surface area contributed by atoms with Gasteiger partial charge in [-0.1, -0.05) is 0 Å². The fourth-order valence-electron chi connectivity index (χ4n) is 1.10. The maximum Gasteiger partial charge on any atom is 0.0341 e. The first-order valence-corrected chi connectivity index (χ1v) is 4.62. The molecular weight excluding hydrogens is 162 g/mol. The van der Waals surface area contributed by atoms with Crippen LogP contribution in [0.5, 0.6) is 0 Å². The second-order valence-corrected chi connectivity index (χ2v) is 3.04. The van der Waals surface area contributed by atoms with Gasteiger partial charge in [-0.05, 0) is 43.7 Å². The van der Waals surface area contributed by atoms with E-state index in [1.807, 2.05) is 24.3 Å². The first-order valence-electron chi connectivity index (χ1n) is 4.62. The van der Waals surface area contributed by atoms with Crippen molar-refractivity contribution < 1.29 is 0 Å². The van der Waals surface area contributed by atoms with Crippen LogP contribution >= 0.6 is 0 Å². The minimum absolute atomic E-state index is 0.767. The Bertz CT molecular complexity index is 230. The van der Waals surface area contributed by atoms with E-state index >= 15 is 0 Å². The van der Waals surface area contributed by atoms with Crippen molar-refractivity contribution in [1.29, 1.82) is 0 Å². The summed E-state index contributed by atoms with van der Waals surface area (Å²) in [6.07, 6.45) is 2.18. The Balaban J connectivity index is 2.25. The highest BCUT2D eigenvalue weighted by atomic mass is 14.9. The van der Waals surface area contributed by atoms with Crippen molar-refractivity contribution in [3.63, 3.8) is 0 Å². The molecule has 0 aliphatic carbocycles. The molecule has 3 nitrogen and oxygen atoms in total. The normalized spacial score (nSPS) is 9.92. The van der Waals surface area contributed by atoms with Crippen LogP contribution in [-0.4, -0.2) is 13.1 Å². The van der Waals surface area contributed by atoms with Crippen LogP contribution in [0.2, 0.25) is 0 Å². The van der Waals surface area contributed by atoms with Crippen molar-refractivity contribution in [1.82, 2.24) is 0 Å². The molecule has 0 aliphatic rings. The number of rotatable bonds is 5. The SMILES string of the molecule is NCCCCNc1ccc(N)cc1. The van der Waals surface area contributed by atoms with Crippen molar-refractivity contribution in [2.45, 2.75) is 12.8 Å². The molecule has 0 heterocycles. The monoisotopic (exact) mass is 179 g/mol. The molecule has 1 aromatic rings. The lowest BCUT2D eigenvalue weighted by molar-refractivity contribution is 0.774. The van der Waals surface area contributed by atoms with Gasteiger partial charge in [0.2, 0.25) is 0 Å². The van der Waals surface area contributed by atoms with E-state index in [0.29, 0.717) is 0 Å². The van der Waals surface area contributed by atoms with Crippen molar-refractivity contribution in [2.75, 3.05) is 24.1 Å². The lowest BCUT2D eigenvalue weighted by atomic mass is 10.2. The number of hydrogen-bond acceptors (Lipinski definition) is 3. The fourth-order valence-corrected chi connectivity index (χ4v) is 1.10. The highest BCUT2D eigenvalue weighted by molar-refractivity contribution is 5.50. The summed E-state index contributed by atoms with van der Waals surface area (Å²) in [6, 6.07) is 7.76. The molecule has 0 aromatic heterocycles. The van der Waals surface area contributed by atoms with Crippen molar-refractivity contribution >= 4 is 11.4 Å². The average Bonchev–Trinajstić information content (AvgIpc) is 2.15. The molecule has 0 aliphatic heterocycles. The first kappa shape index (κ1) is 9.86. The average molecular weight is 179 g/mol. The molecule has 72 valence electrons. The van der Waals surface area contributed by atoms with E-state index in [-0.39, 0.29) is 0 Å². The summed E-state index contributed by atoms with van der Waals surface area (Å²) in [5, 5.41) is 3.30. The van der Waals surface area contributed by atoms with Gasteiger partial charge >= 0.3 is 0 Å². The van der Waals surface area contributed by atoms with Crippen molar-refractivity contribution in [3.05, 3.63) is 24.3 Å². The van der Waals surface area contributed by atoms with E-state index in [2.05, 4.69) is 5.32 Å². The second kappa shape index (κ2) is 5.43. The summed E-state index contributed by atoms with van der Waals surface area (Å²) in [4.78, 5) is 0. The molecule has 0 saturated carbocycles. The van der Waals surface area contributed by atoms with E-state index in [4.69, 9.17) is 11.5 Å². The maximum atomic E-state index is 5.56. The Kier molecular flexibility index (Phi) is 4.12. The molecule has 1 rings (SSSR count). The van der Waals surface area contributed by atoms with E-state index in [0.717, 1.165) is 37.3 Å². The number of hydrogen-bond donors (Lipinski definition) is 3. The minimum Gasteiger partial charge on any atom is -0.399 e. The lowest BCUT2D eigenvalue weighted by Gasteiger charge is -2.05. The molecule has 0 amide bonds. The van der Waals surface area contributed by atoms with E-state index < -0.39 is 0 Å². The van der Waals surface area contributed by atoms with Gasteiger partial charge in [-0.3, -0.25) is 0 Å². The van der Waals surface area contributed by atoms with Gasteiger partial charge in [0.05, 0.1) is 0 Å². The molecule has 13 heavy (non-hydrogen) atoms. The number of anilines is 2. The first-order chi connectivity index (χ1) is 6.33. The quantitative estimate of drug-likeness (QED) is 0.473. The van der Waals surface area contributed by atoms with Crippen LogP contribution in [0.3, 0.4) is 0 Å². The third kappa shape index (κ3) is 3.80. The van der Waals surface area contributed by atoms with Crippen LogP contribution < -0.4 is 16.8 Å². The Morgan fingerprint density at radius 1 is 1.08 bits per heavy atom. The molecule has 0 saturated heterocycles. The third-order valence-electron chi connectivity index (χ3n) is 1.87. The Morgan fingerprint density at radius 3 is 2.38 bits per heavy atom. The Hall–Kier alpha value is -1.22. The van der Waals surface area contributed by atoms with E-state index in [1.54, 1.807) is 0 Å². The van der Waals surface area contributed by atoms with Gasteiger partial charge < -0.3 is 16.8 Å². The zero-order chi connectivity index (χ0) is 9.52. The van der Waals surface area contributed by atoms with Crippen molar-refractivity contribution in [3.8, 4) is 0 Å². The van der Waals surface area contributed by atoms with Crippen LogP contribution in [0.15, 0.2) is 24.3 Å². The lowest BCUT2D eigenvalue weighted by Crippen LogP contribution is -2.05. The van der Waals surface area contributed by atoms with E-state index in [9.17, 15) is 0 Å². The smallest absolute Gasteiger partial charge is 0.0341 e. The summed E-state index contributed by atoms with van der Waals surface area (Å²) in [7, 11) is 0. The largest absolute Gasteiger partial charge is 0.399 e. The molecule has 3 heteroatoms. The van der Waals surface area contributed by atoms with E-state index in [1.165, 1.54) is 0 Å². The molecule has 0 unspecified atom stereocenters. The van der Waals surface area contributed by atoms with Crippen molar-refractivity contribution in [2.24, 2.45) is 5.73 Å². The highest BCUT2D eigenvalue weighted by Crippen LogP contribution is 2.10. The molecule has 0 bridgehead atoms. The van der Waals surface area contributed by atoms with Gasteiger partial charge in [0, 0.05) is 17.9 Å². The van der Waals surface area contributed by atoms with Crippen LogP contribution in [0.1, 0.15) is 12.8 Å². The minimum atomic E-state index is 0.767. The second-order valence-electron chi connectivity index (χ2n) is 3.04. The molecule has 5 N–H and O–H groups in total. The molecule has 1 aromatic carbocycles. The van der Waals surface area contributed by atoms with Crippen LogP contribution in [0.25, 0.3) is 0 Å². The molecular formula is C10H17N3. The summed E-state index contributed by atoms with van der Waals surface area (Å²) in [6.45, 7) is 1.74. The highest BCUT2D eigenvalue weighted by Gasteiger charge is 1.90. The van der Waals surface area contributed by atoms with Gasteiger partial charge in [-0.15, -0.1) is 0 Å². The third-order valence-corrected chi connectivity index (χ3v) is 1.87. The molecule has 0 fully saturated rings. The summed E-state index contributed by atoms with van der Waals surface area (Å²) in [5.41, 5.74) is 12.9. The van der Waals surface area contributed by atoms with Gasteiger partial charge in [-0.25, -0.2) is 0 Å². The predicted octanol–water partition coefficient (Wildman–Crippen LogP) is 1.42.